The number of carboxylic acids is 2. The van der Waals surface area contributed by atoms with Gasteiger partial charge in [0.1, 0.15) is 66.5 Å². The van der Waals surface area contributed by atoms with Crippen molar-refractivity contribution in [1.29, 1.82) is 0 Å². The van der Waals surface area contributed by atoms with Crippen molar-refractivity contribution in [2.45, 2.75) is 198 Å². The zero-order valence-electron chi connectivity index (χ0n) is 63.7. The van der Waals surface area contributed by atoms with E-state index >= 15 is 0 Å². The third-order valence-electron chi connectivity index (χ3n) is 17.5. The zero-order valence-corrected chi connectivity index (χ0v) is 65.3. The van der Waals surface area contributed by atoms with Crippen LogP contribution in [-0.4, -0.2) is 250 Å². The van der Waals surface area contributed by atoms with E-state index in [-0.39, 0.29) is 69.2 Å². The van der Waals surface area contributed by atoms with Crippen molar-refractivity contribution in [3.05, 3.63) is 72.5 Å². The maximum Gasteiger partial charge on any atom is 0.490 e. The molecule has 0 unspecified atom stereocenters. The van der Waals surface area contributed by atoms with E-state index in [2.05, 4.69) is 93.7 Å². The number of rotatable bonds is 25. The number of nitrogens with one attached hydrogen (secondary N) is 15. The molecule has 42 nitrogen and oxygen atoms in total. The SMILES string of the molecule is C.CC[C@H](C)[C@H](N)C(=O)N[C@H]1CSSC[C@@H](C(=O)N[C@H](C(N)=O)[C@@H](C)O)NC(=O)[C@H](CCCN=C(N)N)NC(=O)[C@H](Cc2cnc[nH]2)NC(=O)[C@H](Cc2cnc[nH]2)NC(=O)CNC(=O)[C@H](Cc2c[nH]c3ccccc23)NC(=O)[C@H](CC(=O)O)NC(=O)[C@H](CCC(N)=O)NC(=O)[C@H](C(C)C)NC(=O)[C@H](C(C)C)NC1=O.O=C(O)C(F)(F)F. The molecule has 14 atom stereocenters. The van der Waals surface area contributed by atoms with Gasteiger partial charge in [-0.05, 0) is 55.6 Å². The lowest BCUT2D eigenvalue weighted by Gasteiger charge is -2.30. The number of hydrogen-bond acceptors (Lipinski definition) is 23. The number of halogens is 3. The number of guanidine groups is 1. The second kappa shape index (κ2) is 47.9. The molecule has 1 aliphatic rings. The monoisotopic (exact) mass is 1680 g/mol. The molecule has 116 heavy (non-hydrogen) atoms. The maximum absolute atomic E-state index is 14.9. The number of carbonyl (C=O) groups excluding carboxylic acids is 14. The van der Waals surface area contributed by atoms with Gasteiger partial charge >= 0.3 is 18.1 Å². The van der Waals surface area contributed by atoms with E-state index in [1.54, 1.807) is 52.0 Å². The summed E-state index contributed by atoms with van der Waals surface area (Å²) in [6.07, 6.45) is -3.04. The lowest BCUT2D eigenvalue weighted by Crippen LogP contribution is -2.62. The molecular weight excluding hydrogens is 1580 g/mol. The van der Waals surface area contributed by atoms with E-state index < -0.39 is 229 Å². The highest BCUT2D eigenvalue weighted by molar-refractivity contribution is 8.76. The number of aromatic nitrogens is 5. The summed E-state index contributed by atoms with van der Waals surface area (Å²) < 4.78 is 31.7. The van der Waals surface area contributed by atoms with Crippen LogP contribution in [0.2, 0.25) is 0 Å². The van der Waals surface area contributed by atoms with Crippen molar-refractivity contribution in [2.24, 2.45) is 51.4 Å². The van der Waals surface area contributed by atoms with Crippen LogP contribution < -0.4 is 92.5 Å². The largest absolute Gasteiger partial charge is 0.490 e. The van der Waals surface area contributed by atoms with E-state index in [4.69, 9.17) is 38.6 Å². The Morgan fingerprint density at radius 1 is 0.629 bits per heavy atom. The number of amides is 14. The molecule has 1 aromatic carbocycles. The van der Waals surface area contributed by atoms with E-state index in [9.17, 15) is 95.3 Å². The molecule has 5 rings (SSSR count). The first-order valence-electron chi connectivity index (χ1n) is 35.9. The van der Waals surface area contributed by atoms with Gasteiger partial charge in [-0.1, -0.05) is 95.2 Å². The number of para-hydroxylation sites is 1. The fourth-order valence-corrected chi connectivity index (χ4v) is 13.2. The van der Waals surface area contributed by atoms with Crippen LogP contribution in [0.5, 0.6) is 0 Å². The Kier molecular flexibility index (Phi) is 40.7. The lowest BCUT2D eigenvalue weighted by molar-refractivity contribution is -0.192. The van der Waals surface area contributed by atoms with Gasteiger partial charge < -0.3 is 123 Å². The molecule has 4 aromatic rings. The first-order chi connectivity index (χ1) is 54.0. The van der Waals surface area contributed by atoms with Gasteiger partial charge in [0, 0.05) is 84.6 Å². The molecule has 4 heterocycles. The number of aliphatic carboxylic acids is 2. The van der Waals surface area contributed by atoms with Crippen molar-refractivity contribution < 1.29 is 105 Å². The van der Waals surface area contributed by atoms with Gasteiger partial charge in [0.05, 0.1) is 37.8 Å². The Bertz CT molecular complexity index is 4050. The van der Waals surface area contributed by atoms with Crippen molar-refractivity contribution in [1.82, 2.24) is 88.7 Å². The third kappa shape index (κ3) is 33.1. The molecule has 3 aromatic heterocycles. The molecule has 14 amide bonds. The number of nitrogens with zero attached hydrogens (tertiary/aromatic N) is 3. The number of aliphatic hydroxyl groups is 1. The average molecular weight is 1680 g/mol. The number of fused-ring (bicyclic) bond motifs is 1. The van der Waals surface area contributed by atoms with E-state index in [0.29, 0.717) is 22.9 Å². The summed E-state index contributed by atoms with van der Waals surface area (Å²) in [7, 11) is 1.71. The number of aliphatic hydroxyl groups excluding tert-OH is 1. The number of aromatic amines is 3. The van der Waals surface area contributed by atoms with Crippen LogP contribution in [0.1, 0.15) is 111 Å². The van der Waals surface area contributed by atoms with Crippen LogP contribution in [0.25, 0.3) is 10.9 Å². The molecular formula is C69H104F3N23O19S2. The Hall–Kier alpha value is -11.6. The van der Waals surface area contributed by atoms with Crippen molar-refractivity contribution in [2.75, 3.05) is 24.6 Å². The highest BCUT2D eigenvalue weighted by atomic mass is 33.1. The van der Waals surface area contributed by atoms with Gasteiger partial charge in [-0.2, -0.15) is 13.2 Å². The molecule has 0 saturated carbocycles. The predicted octanol–water partition coefficient (Wildman–Crippen LogP) is -4.90. The normalized spacial score (nSPS) is 22.3. The number of nitrogens with two attached hydrogens (primary N) is 5. The molecule has 0 spiro atoms. The van der Waals surface area contributed by atoms with Crippen LogP contribution in [0, 0.1) is 17.8 Å². The first kappa shape index (κ1) is 98.6. The van der Waals surface area contributed by atoms with Gasteiger partial charge in [0.15, 0.2) is 5.96 Å². The summed E-state index contributed by atoms with van der Waals surface area (Å²) >= 11 is 0. The Morgan fingerprint density at radius 3 is 1.64 bits per heavy atom. The minimum absolute atomic E-state index is 0. The number of carboxylic acid groups (broad SMARTS) is 2. The summed E-state index contributed by atoms with van der Waals surface area (Å²) in [4.78, 5) is 241. The van der Waals surface area contributed by atoms with E-state index in [0.717, 1.165) is 28.5 Å². The highest BCUT2D eigenvalue weighted by Gasteiger charge is 2.41. The average Bonchev–Trinajstić information content (AvgIpc) is 1.59. The predicted molar refractivity (Wildman–Crippen MR) is 415 cm³/mol. The topological polar surface area (TPSA) is 694 Å². The third-order valence-corrected chi connectivity index (χ3v) is 19.9. The van der Waals surface area contributed by atoms with Gasteiger partial charge in [-0.25, -0.2) is 14.8 Å². The molecule has 1 aliphatic heterocycles. The van der Waals surface area contributed by atoms with Crippen molar-refractivity contribution in [3.8, 4) is 0 Å². The standard InChI is InChI=1S/C66H99N23O17S2.C2HF3O2.CH4/c1-8-32(6)50(68)63(104)86-46-27-108-107-26-45(62(103)89-53(33(7)90)54(69)95)85-56(97)39(14-11-17-74-66(70)71)80-59(100)43(20-36-24-73-29-78-36)83-58(99)42(19-35-23-72-28-77-35)79-48(92)25-76-55(96)41(18-34-22-75-38-13-10-9-12-37(34)38)82-60(101)44(21-49(93)94)84-57(98)40(15-16-47(67)91)81-64(105)51(30(2)3)88-65(106)52(31(4)5)87-61(46)102;3-2(4,5)1(6)7;/h9-10,12-13,22-24,28-33,39-46,50-53,75,90H,8,11,14-21,25-27,68H2,1-7H3,(H2,67,91)(H2,69,95)(H,72,77)(H,73,78)(H,76,96)(H,79,92)(H,80,100)(H,81,105)(H,82,101)(H,83,99)(H,84,98)(H,85,97)(H,86,104)(H,87,102)(H,88,106)(H,89,103)(H,93,94)(H4,70,71,74);(H,6,7);1H4/t32-,33+,39-,40-,41-,42-,43-,44-,45-,46-,50-,51-,52-,53-;;/m0../s1. The van der Waals surface area contributed by atoms with Crippen LogP contribution in [0.4, 0.5) is 13.2 Å². The van der Waals surface area contributed by atoms with E-state index in [1.807, 2.05) is 0 Å². The number of primary amides is 2. The summed E-state index contributed by atoms with van der Waals surface area (Å²) in [5, 5.41) is 58.5. The minimum atomic E-state index is -5.08. The van der Waals surface area contributed by atoms with Gasteiger partial charge in [0.2, 0.25) is 82.7 Å². The number of H-pyrrole nitrogens is 3. The number of carbonyl (C=O) groups is 16. The summed E-state index contributed by atoms with van der Waals surface area (Å²) in [6.45, 7) is 9.74. The molecule has 0 bridgehead atoms. The summed E-state index contributed by atoms with van der Waals surface area (Å²) in [5.41, 5.74) is 30.2. The molecule has 0 radical (unpaired) electrons. The molecule has 642 valence electrons. The molecule has 28 N–H and O–H groups in total. The summed E-state index contributed by atoms with van der Waals surface area (Å²) in [6, 6.07) is -12.7. The number of imidazole rings is 2. The Balaban J connectivity index is 0.00000415. The van der Waals surface area contributed by atoms with Crippen LogP contribution in [0.15, 0.2) is 60.5 Å². The highest BCUT2D eigenvalue weighted by Crippen LogP contribution is 2.25. The fourth-order valence-electron chi connectivity index (χ4n) is 10.9. The Morgan fingerprint density at radius 2 is 1.12 bits per heavy atom. The van der Waals surface area contributed by atoms with Crippen molar-refractivity contribution >= 4 is 133 Å². The fraction of sp³-hybridized carbons (Fsp3) is 0.551. The minimum Gasteiger partial charge on any atom is -0.481 e. The maximum atomic E-state index is 14.9. The second-order valence-electron chi connectivity index (χ2n) is 27.3. The molecule has 1 saturated heterocycles. The number of aliphatic imine (C=N–C) groups is 1. The second-order valence-corrected chi connectivity index (χ2v) is 29.9. The van der Waals surface area contributed by atoms with Gasteiger partial charge in [-0.3, -0.25) is 76.9 Å². The summed E-state index contributed by atoms with van der Waals surface area (Å²) in [5.74, 6) is -22.2. The molecule has 47 heteroatoms. The number of benzene rings is 1. The van der Waals surface area contributed by atoms with Crippen LogP contribution in [-0.2, 0) is 96.0 Å². The van der Waals surface area contributed by atoms with E-state index in [1.165, 1.54) is 45.1 Å². The van der Waals surface area contributed by atoms with Crippen molar-refractivity contribution in [3.63, 3.8) is 0 Å². The number of hydrogen-bond donors (Lipinski definition) is 23. The first-order valence-corrected chi connectivity index (χ1v) is 38.4. The van der Waals surface area contributed by atoms with Gasteiger partial charge in [0.25, 0.3) is 0 Å². The molecule has 0 aliphatic carbocycles. The van der Waals surface area contributed by atoms with Crippen LogP contribution in [0.3, 0.4) is 0 Å². The zero-order chi connectivity index (χ0) is 86.1. The smallest absolute Gasteiger partial charge is 0.481 e. The number of alkyl halides is 3. The lowest BCUT2D eigenvalue weighted by atomic mass is 9.98. The Labute approximate surface area is 671 Å². The van der Waals surface area contributed by atoms with Crippen LogP contribution >= 0.6 is 21.6 Å². The van der Waals surface area contributed by atoms with Gasteiger partial charge in [-0.15, -0.1) is 0 Å². The molecule has 1 fully saturated rings. The quantitative estimate of drug-likeness (QED) is 0.0128.